The van der Waals surface area contributed by atoms with Crippen LogP contribution in [0.2, 0.25) is 0 Å². The van der Waals surface area contributed by atoms with Crippen molar-refractivity contribution >= 4 is 51.2 Å². The molecule has 1 aromatic heterocycles. The Hall–Kier alpha value is -2.59. The first-order valence-electron chi connectivity index (χ1n) is 10.1. The monoisotopic (exact) mass is 462 g/mol. The average molecular weight is 463 g/mol. The van der Waals surface area contributed by atoms with E-state index >= 15 is 0 Å². The highest BCUT2D eigenvalue weighted by Gasteiger charge is 2.24. The number of benzene rings is 1. The molecule has 0 N–H and O–H groups in total. The molecule has 3 amide bonds. The van der Waals surface area contributed by atoms with Gasteiger partial charge in [0.1, 0.15) is 0 Å². The molecular formula is C21H26N4O4S2. The van der Waals surface area contributed by atoms with Crippen molar-refractivity contribution in [3.8, 4) is 0 Å². The number of para-hydroxylation sites is 1. The van der Waals surface area contributed by atoms with Crippen LogP contribution in [0.3, 0.4) is 0 Å². The zero-order valence-corrected chi connectivity index (χ0v) is 19.1. The SMILES string of the molecule is C=CCn1c(=NC(=O)CSCC(=O)N2CCN(C(=O)OCC)CC2)sc2ccccc21. The van der Waals surface area contributed by atoms with Gasteiger partial charge in [-0.15, -0.1) is 18.3 Å². The lowest BCUT2D eigenvalue weighted by Crippen LogP contribution is -2.51. The summed E-state index contributed by atoms with van der Waals surface area (Å²) in [5, 5.41) is 0. The van der Waals surface area contributed by atoms with Crippen LogP contribution in [0.4, 0.5) is 4.79 Å². The average Bonchev–Trinajstić information content (AvgIpc) is 3.11. The van der Waals surface area contributed by atoms with Crippen molar-refractivity contribution in [2.45, 2.75) is 13.5 Å². The molecule has 2 heterocycles. The number of thiazole rings is 1. The van der Waals surface area contributed by atoms with Gasteiger partial charge < -0.3 is 19.1 Å². The Kier molecular flexibility index (Phi) is 8.30. The van der Waals surface area contributed by atoms with Gasteiger partial charge in [0.05, 0.1) is 28.3 Å². The Morgan fingerprint density at radius 1 is 1.16 bits per heavy atom. The summed E-state index contributed by atoms with van der Waals surface area (Å²) in [5.41, 5.74) is 1.02. The molecule has 1 aliphatic heterocycles. The molecule has 3 rings (SSSR count). The molecule has 0 spiro atoms. The first-order chi connectivity index (χ1) is 15.0. The second-order valence-electron chi connectivity index (χ2n) is 6.82. The van der Waals surface area contributed by atoms with Crippen LogP contribution in [0.1, 0.15) is 6.92 Å². The predicted octanol–water partition coefficient (Wildman–Crippen LogP) is 2.35. The first-order valence-corrected chi connectivity index (χ1v) is 12.0. The second-order valence-corrected chi connectivity index (χ2v) is 8.81. The maximum absolute atomic E-state index is 12.4. The van der Waals surface area contributed by atoms with Gasteiger partial charge in [0.25, 0.3) is 5.91 Å². The number of carbonyl (C=O) groups excluding carboxylic acids is 3. The molecule has 0 bridgehead atoms. The van der Waals surface area contributed by atoms with Crippen molar-refractivity contribution in [1.82, 2.24) is 14.4 Å². The van der Waals surface area contributed by atoms with E-state index in [9.17, 15) is 14.4 Å². The molecule has 0 unspecified atom stereocenters. The van der Waals surface area contributed by atoms with Gasteiger partial charge in [0.15, 0.2) is 4.80 Å². The van der Waals surface area contributed by atoms with Gasteiger partial charge in [-0.3, -0.25) is 9.59 Å². The third kappa shape index (κ3) is 5.98. The highest BCUT2D eigenvalue weighted by molar-refractivity contribution is 8.00. The smallest absolute Gasteiger partial charge is 0.409 e. The van der Waals surface area contributed by atoms with Crippen LogP contribution in [0, 0.1) is 0 Å². The normalized spacial score (nSPS) is 14.7. The Morgan fingerprint density at radius 2 is 1.87 bits per heavy atom. The minimum Gasteiger partial charge on any atom is -0.450 e. The summed E-state index contributed by atoms with van der Waals surface area (Å²) in [6.45, 7) is 8.31. The van der Waals surface area contributed by atoms with E-state index in [0.717, 1.165) is 10.2 Å². The summed E-state index contributed by atoms with van der Waals surface area (Å²) < 4.78 is 8.00. The second kappa shape index (κ2) is 11.1. The van der Waals surface area contributed by atoms with E-state index in [1.807, 2.05) is 28.8 Å². The molecule has 1 saturated heterocycles. The van der Waals surface area contributed by atoms with Crippen molar-refractivity contribution in [3.05, 3.63) is 41.7 Å². The topological polar surface area (TPSA) is 84.2 Å². The van der Waals surface area contributed by atoms with Gasteiger partial charge >= 0.3 is 6.09 Å². The number of hydrogen-bond acceptors (Lipinski definition) is 6. The Morgan fingerprint density at radius 3 is 2.58 bits per heavy atom. The van der Waals surface area contributed by atoms with E-state index in [1.165, 1.54) is 23.1 Å². The number of amides is 3. The zero-order chi connectivity index (χ0) is 22.2. The third-order valence-electron chi connectivity index (χ3n) is 4.73. The fourth-order valence-electron chi connectivity index (χ4n) is 3.22. The summed E-state index contributed by atoms with van der Waals surface area (Å²) in [6, 6.07) is 7.90. The van der Waals surface area contributed by atoms with Crippen LogP contribution < -0.4 is 4.80 Å². The molecule has 31 heavy (non-hydrogen) atoms. The summed E-state index contributed by atoms with van der Waals surface area (Å²) >= 11 is 2.72. The molecule has 0 aliphatic carbocycles. The van der Waals surface area contributed by atoms with E-state index in [0.29, 0.717) is 44.1 Å². The van der Waals surface area contributed by atoms with Crippen LogP contribution in [-0.2, 0) is 20.9 Å². The molecule has 2 aromatic rings. The standard InChI is InChI=1S/C21H26N4O4S2/c1-3-9-25-16-7-5-6-8-17(16)31-20(25)22-18(26)14-30-15-19(27)23-10-12-24(13-11-23)21(28)29-4-2/h3,5-8H,1,4,9-15H2,2H3. The number of nitrogens with zero attached hydrogens (tertiary/aromatic N) is 4. The highest BCUT2D eigenvalue weighted by Crippen LogP contribution is 2.16. The van der Waals surface area contributed by atoms with Crippen molar-refractivity contribution < 1.29 is 19.1 Å². The first kappa shape index (κ1) is 23.1. The van der Waals surface area contributed by atoms with Crippen molar-refractivity contribution in [2.75, 3.05) is 44.3 Å². The lowest BCUT2D eigenvalue weighted by Gasteiger charge is -2.34. The maximum atomic E-state index is 12.4. The number of piperazine rings is 1. The van der Waals surface area contributed by atoms with Crippen molar-refractivity contribution in [3.63, 3.8) is 0 Å². The number of ether oxygens (including phenoxy) is 1. The fraction of sp³-hybridized carbons (Fsp3) is 0.429. The van der Waals surface area contributed by atoms with Gasteiger partial charge in [-0.05, 0) is 19.1 Å². The molecule has 8 nitrogen and oxygen atoms in total. The number of allylic oxidation sites excluding steroid dienone is 1. The Labute approximate surface area is 189 Å². The lowest BCUT2D eigenvalue weighted by molar-refractivity contribution is -0.129. The maximum Gasteiger partial charge on any atom is 0.409 e. The number of hydrogen-bond donors (Lipinski definition) is 0. The van der Waals surface area contributed by atoms with Gasteiger partial charge in [-0.1, -0.05) is 29.5 Å². The molecular weight excluding hydrogens is 436 g/mol. The van der Waals surface area contributed by atoms with E-state index in [-0.39, 0.29) is 29.4 Å². The lowest BCUT2D eigenvalue weighted by atomic mass is 10.3. The number of carbonyl (C=O) groups is 3. The third-order valence-corrected chi connectivity index (χ3v) is 6.69. The largest absolute Gasteiger partial charge is 0.450 e. The summed E-state index contributed by atoms with van der Waals surface area (Å²) in [4.78, 5) is 44.7. The quantitative estimate of drug-likeness (QED) is 0.590. The minimum atomic E-state index is -0.342. The molecule has 10 heteroatoms. The molecule has 0 radical (unpaired) electrons. The molecule has 1 aliphatic rings. The Balaban J connectivity index is 1.51. The van der Waals surface area contributed by atoms with E-state index in [2.05, 4.69) is 11.6 Å². The number of thioether (sulfide) groups is 1. The van der Waals surface area contributed by atoms with Gasteiger partial charge in [0.2, 0.25) is 5.91 Å². The summed E-state index contributed by atoms with van der Waals surface area (Å²) in [5.74, 6) is 0.0376. The minimum absolute atomic E-state index is 0.0371. The van der Waals surface area contributed by atoms with E-state index in [1.54, 1.807) is 22.8 Å². The van der Waals surface area contributed by atoms with Gasteiger partial charge in [-0.25, -0.2) is 4.79 Å². The Bertz CT molecular complexity index is 1020. The highest BCUT2D eigenvalue weighted by atomic mass is 32.2. The van der Waals surface area contributed by atoms with Crippen LogP contribution in [0.25, 0.3) is 10.2 Å². The molecule has 0 saturated carbocycles. The van der Waals surface area contributed by atoms with Crippen molar-refractivity contribution in [2.24, 2.45) is 4.99 Å². The number of rotatable bonds is 7. The van der Waals surface area contributed by atoms with E-state index in [4.69, 9.17) is 4.74 Å². The van der Waals surface area contributed by atoms with Crippen LogP contribution >= 0.6 is 23.1 Å². The van der Waals surface area contributed by atoms with Crippen LogP contribution in [0.15, 0.2) is 41.9 Å². The van der Waals surface area contributed by atoms with Crippen LogP contribution in [0.5, 0.6) is 0 Å². The van der Waals surface area contributed by atoms with Gasteiger partial charge in [0, 0.05) is 32.7 Å². The molecule has 0 atom stereocenters. The van der Waals surface area contributed by atoms with Crippen molar-refractivity contribution in [1.29, 1.82) is 0 Å². The molecule has 166 valence electrons. The predicted molar refractivity (Wildman–Crippen MR) is 123 cm³/mol. The summed E-state index contributed by atoms with van der Waals surface area (Å²) in [7, 11) is 0. The molecule has 1 fully saturated rings. The fourth-order valence-corrected chi connectivity index (χ4v) is 4.98. The summed E-state index contributed by atoms with van der Waals surface area (Å²) in [6.07, 6.45) is 1.43. The van der Waals surface area contributed by atoms with E-state index < -0.39 is 0 Å². The van der Waals surface area contributed by atoms with Gasteiger partial charge in [-0.2, -0.15) is 4.99 Å². The van der Waals surface area contributed by atoms with Crippen LogP contribution in [-0.4, -0.2) is 76.6 Å². The number of fused-ring (bicyclic) bond motifs is 1. The zero-order valence-electron chi connectivity index (χ0n) is 17.5. The number of aromatic nitrogens is 1. The molecule has 1 aromatic carbocycles.